The van der Waals surface area contributed by atoms with Gasteiger partial charge in [-0.1, -0.05) is 11.6 Å². The highest BCUT2D eigenvalue weighted by molar-refractivity contribution is 6.32. The van der Waals surface area contributed by atoms with Gasteiger partial charge in [-0.2, -0.15) is 0 Å². The number of carbonyl (C=O) groups is 3. The van der Waals surface area contributed by atoms with Gasteiger partial charge < -0.3 is 10.4 Å². The Morgan fingerprint density at radius 2 is 1.96 bits per heavy atom. The van der Waals surface area contributed by atoms with Crippen LogP contribution in [0.1, 0.15) is 31.9 Å². The molecular weight excluding hydrogens is 325 g/mol. The molecular formula is C16H15ClFNO4. The summed E-state index contributed by atoms with van der Waals surface area (Å²) in [4.78, 5) is 35.7. The summed E-state index contributed by atoms with van der Waals surface area (Å²) < 4.78 is 14.2. The molecule has 23 heavy (non-hydrogen) atoms. The zero-order valence-corrected chi connectivity index (χ0v) is 13.5. The summed E-state index contributed by atoms with van der Waals surface area (Å²) in [6.45, 7) is 3.90. The van der Waals surface area contributed by atoms with E-state index in [1.165, 1.54) is 26.8 Å². The van der Waals surface area contributed by atoms with E-state index in [1.807, 2.05) is 0 Å². The number of carbonyl (C=O) groups excluding carboxylic acids is 3. The minimum Gasteiger partial charge on any atom is -0.506 e. The summed E-state index contributed by atoms with van der Waals surface area (Å²) in [7, 11) is 0. The van der Waals surface area contributed by atoms with Crippen LogP contribution in [-0.4, -0.2) is 29.1 Å². The van der Waals surface area contributed by atoms with Crippen molar-refractivity contribution in [3.63, 3.8) is 0 Å². The van der Waals surface area contributed by atoms with E-state index in [4.69, 9.17) is 11.6 Å². The summed E-state index contributed by atoms with van der Waals surface area (Å²) in [5, 5.41) is 12.6. The topological polar surface area (TPSA) is 83.5 Å². The number of hydrogen-bond donors (Lipinski definition) is 2. The summed E-state index contributed by atoms with van der Waals surface area (Å²) in [5.74, 6) is -3.31. The van der Waals surface area contributed by atoms with Gasteiger partial charge in [0.25, 0.3) is 5.91 Å². The minimum absolute atomic E-state index is 0.00687. The second-order valence-electron chi connectivity index (χ2n) is 5.87. The van der Waals surface area contributed by atoms with E-state index < -0.39 is 34.3 Å². The van der Waals surface area contributed by atoms with Crippen molar-refractivity contribution in [3.8, 4) is 0 Å². The van der Waals surface area contributed by atoms with Gasteiger partial charge >= 0.3 is 0 Å². The van der Waals surface area contributed by atoms with Gasteiger partial charge in [-0.15, -0.1) is 0 Å². The van der Waals surface area contributed by atoms with Crippen molar-refractivity contribution in [2.45, 2.75) is 26.2 Å². The average Bonchev–Trinajstić information content (AvgIpc) is 2.42. The maximum Gasteiger partial charge on any atom is 0.259 e. The molecule has 0 bridgehead atoms. The average molecular weight is 340 g/mol. The number of benzene rings is 1. The number of rotatable bonds is 3. The highest BCUT2D eigenvalue weighted by atomic mass is 35.5. The maximum absolute atomic E-state index is 14.2. The predicted molar refractivity (Wildman–Crippen MR) is 82.7 cm³/mol. The smallest absolute Gasteiger partial charge is 0.259 e. The van der Waals surface area contributed by atoms with Crippen LogP contribution in [0.2, 0.25) is 5.02 Å². The largest absolute Gasteiger partial charge is 0.506 e. The van der Waals surface area contributed by atoms with Crippen LogP contribution in [-0.2, 0) is 19.8 Å². The summed E-state index contributed by atoms with van der Waals surface area (Å²) in [6, 6.07) is 2.34. The normalized spacial score (nSPS) is 16.1. The molecule has 2 N–H and O–H groups in total. The fourth-order valence-electron chi connectivity index (χ4n) is 2.57. The maximum atomic E-state index is 14.2. The number of ketones is 2. The van der Waals surface area contributed by atoms with Crippen LogP contribution in [0.25, 0.3) is 5.76 Å². The second-order valence-corrected chi connectivity index (χ2v) is 6.31. The van der Waals surface area contributed by atoms with Crippen LogP contribution < -0.4 is 5.32 Å². The molecule has 0 aliphatic heterocycles. The summed E-state index contributed by atoms with van der Waals surface area (Å²) >= 11 is 5.80. The van der Waals surface area contributed by atoms with Crippen molar-refractivity contribution in [1.29, 1.82) is 0 Å². The summed E-state index contributed by atoms with van der Waals surface area (Å²) in [5.41, 5.74) is -1.90. The van der Waals surface area contributed by atoms with Crippen LogP contribution in [0.15, 0.2) is 17.7 Å². The monoisotopic (exact) mass is 339 g/mol. The van der Waals surface area contributed by atoms with Gasteiger partial charge in [0, 0.05) is 16.1 Å². The lowest BCUT2D eigenvalue weighted by Crippen LogP contribution is -2.42. The lowest BCUT2D eigenvalue weighted by atomic mass is 9.70. The Hall–Kier alpha value is -2.21. The second kappa shape index (κ2) is 5.77. The molecule has 1 amide bonds. The number of halogens is 2. The number of Topliss-reactive ketones (excluding diaryl/α,β-unsaturated/α-hetero) is 2. The first-order chi connectivity index (χ1) is 10.6. The van der Waals surface area contributed by atoms with E-state index in [0.717, 1.165) is 6.07 Å². The summed E-state index contributed by atoms with van der Waals surface area (Å²) in [6.07, 6.45) is 0. The third-order valence-electron chi connectivity index (χ3n) is 3.69. The first kappa shape index (κ1) is 17.1. The number of hydrogen-bond acceptors (Lipinski definition) is 4. The highest BCUT2D eigenvalue weighted by Crippen LogP contribution is 2.41. The molecule has 1 aliphatic rings. The Balaban J connectivity index is 2.65. The van der Waals surface area contributed by atoms with E-state index in [1.54, 1.807) is 0 Å². The van der Waals surface area contributed by atoms with Crippen LogP contribution in [0, 0.1) is 5.82 Å². The SMILES string of the molecule is CC(=O)CNC(=O)C1=C(O)c2cc(Cl)cc(F)c2C(C)(C)C1=O. The Morgan fingerprint density at radius 1 is 1.35 bits per heavy atom. The molecule has 5 nitrogen and oxygen atoms in total. The molecule has 0 unspecified atom stereocenters. The Bertz CT molecular complexity index is 768. The predicted octanol–water partition coefficient (Wildman–Crippen LogP) is 2.31. The van der Waals surface area contributed by atoms with Crippen LogP contribution in [0.3, 0.4) is 0 Å². The number of amides is 1. The zero-order valence-electron chi connectivity index (χ0n) is 12.8. The molecule has 0 fully saturated rings. The van der Waals surface area contributed by atoms with Crippen molar-refractivity contribution in [1.82, 2.24) is 5.32 Å². The molecule has 0 saturated carbocycles. The van der Waals surface area contributed by atoms with Crippen LogP contribution >= 0.6 is 11.6 Å². The molecule has 0 spiro atoms. The van der Waals surface area contributed by atoms with Gasteiger partial charge in [-0.05, 0) is 32.9 Å². The lowest BCUT2D eigenvalue weighted by Gasteiger charge is -2.32. The molecule has 2 rings (SSSR count). The van der Waals surface area contributed by atoms with E-state index in [0.29, 0.717) is 0 Å². The first-order valence-electron chi connectivity index (χ1n) is 6.83. The highest BCUT2D eigenvalue weighted by Gasteiger charge is 2.45. The minimum atomic E-state index is -1.36. The molecule has 0 radical (unpaired) electrons. The molecule has 1 aromatic carbocycles. The molecule has 0 heterocycles. The number of aliphatic hydroxyl groups is 1. The molecule has 7 heteroatoms. The van der Waals surface area contributed by atoms with Crippen molar-refractivity contribution < 1.29 is 23.9 Å². The molecule has 1 aliphatic carbocycles. The van der Waals surface area contributed by atoms with E-state index in [2.05, 4.69) is 5.32 Å². The van der Waals surface area contributed by atoms with Gasteiger partial charge in [0.1, 0.15) is 22.9 Å². The van der Waals surface area contributed by atoms with Gasteiger partial charge in [0.05, 0.1) is 12.0 Å². The Labute approximate surface area is 137 Å². The Morgan fingerprint density at radius 3 is 2.52 bits per heavy atom. The molecule has 0 aromatic heterocycles. The van der Waals surface area contributed by atoms with Crippen LogP contribution in [0.5, 0.6) is 0 Å². The van der Waals surface area contributed by atoms with Gasteiger partial charge in [0.2, 0.25) is 0 Å². The fraction of sp³-hybridized carbons (Fsp3) is 0.312. The van der Waals surface area contributed by atoms with Crippen molar-refractivity contribution >= 4 is 34.8 Å². The number of fused-ring (bicyclic) bond motifs is 1. The van der Waals surface area contributed by atoms with E-state index >= 15 is 0 Å². The lowest BCUT2D eigenvalue weighted by molar-refractivity contribution is -0.126. The van der Waals surface area contributed by atoms with Crippen molar-refractivity contribution in [2.75, 3.05) is 6.54 Å². The molecule has 0 saturated heterocycles. The van der Waals surface area contributed by atoms with Gasteiger partial charge in [-0.3, -0.25) is 14.4 Å². The standard InChI is InChI=1S/C16H15ClFNO4/c1-7(20)6-19-15(23)11-13(21)9-4-8(17)5-10(18)12(9)16(2,3)14(11)22/h4-5,21H,6H2,1-3H3,(H,19,23). The van der Waals surface area contributed by atoms with Crippen LogP contribution in [0.4, 0.5) is 4.39 Å². The van der Waals surface area contributed by atoms with Gasteiger partial charge in [0.15, 0.2) is 5.78 Å². The molecule has 0 atom stereocenters. The van der Waals surface area contributed by atoms with E-state index in [-0.39, 0.29) is 28.5 Å². The quantitative estimate of drug-likeness (QED) is 0.828. The third kappa shape index (κ3) is 2.86. The number of aliphatic hydroxyl groups excluding tert-OH is 1. The van der Waals surface area contributed by atoms with E-state index in [9.17, 15) is 23.9 Å². The molecule has 122 valence electrons. The fourth-order valence-corrected chi connectivity index (χ4v) is 2.77. The van der Waals surface area contributed by atoms with Crippen molar-refractivity contribution in [3.05, 3.63) is 39.7 Å². The number of nitrogens with one attached hydrogen (secondary N) is 1. The van der Waals surface area contributed by atoms with Gasteiger partial charge in [-0.25, -0.2) is 4.39 Å². The Kier molecular flexibility index (Phi) is 4.30. The molecule has 1 aromatic rings. The third-order valence-corrected chi connectivity index (χ3v) is 3.91. The van der Waals surface area contributed by atoms with Crippen molar-refractivity contribution in [2.24, 2.45) is 0 Å². The first-order valence-corrected chi connectivity index (χ1v) is 7.20. The zero-order chi connectivity index (χ0) is 17.5.